The summed E-state index contributed by atoms with van der Waals surface area (Å²) in [6.45, 7) is 15.0. The number of alkyl halides is 2. The van der Waals surface area contributed by atoms with Gasteiger partial charge >= 0.3 is 17.9 Å². The maximum Gasteiger partial charge on any atom is 0.374 e. The molecule has 0 bridgehead atoms. The number of carbonyl (C=O) groups is 3. The lowest BCUT2D eigenvalue weighted by molar-refractivity contribution is -0.944. The Bertz CT molecular complexity index is 1180. The highest BCUT2D eigenvalue weighted by Gasteiger charge is 2.36. The average Bonchev–Trinajstić information content (AvgIpc) is 3.70. The van der Waals surface area contributed by atoms with Crippen LogP contribution in [-0.4, -0.2) is 101 Å². The van der Waals surface area contributed by atoms with E-state index in [4.69, 9.17) is 24.4 Å². The highest BCUT2D eigenvalue weighted by molar-refractivity contribution is 6.99. The number of aliphatic hydroxyl groups excluding tert-OH is 1. The molecule has 0 saturated carbocycles. The number of aldehydes is 1. The minimum Gasteiger partial charge on any atom is -0.477 e. The van der Waals surface area contributed by atoms with Gasteiger partial charge in [-0.15, -0.1) is 4.37 Å². The monoisotopic (exact) mass is 881 g/mol. The van der Waals surface area contributed by atoms with Gasteiger partial charge in [-0.25, -0.2) is 4.79 Å². The van der Waals surface area contributed by atoms with Crippen molar-refractivity contribution in [3.05, 3.63) is 11.8 Å². The smallest absolute Gasteiger partial charge is 0.374 e. The molecule has 14 heteroatoms. The van der Waals surface area contributed by atoms with Crippen LogP contribution in [-0.2, 0) is 23.9 Å². The molecule has 0 aliphatic carbocycles. The van der Waals surface area contributed by atoms with Crippen LogP contribution in [0.1, 0.15) is 202 Å². The van der Waals surface area contributed by atoms with Crippen molar-refractivity contribution in [2.24, 2.45) is 0 Å². The number of aliphatic carboxylic acids is 1. The van der Waals surface area contributed by atoms with Crippen LogP contribution in [0.3, 0.4) is 0 Å². The quantitative estimate of drug-likeness (QED) is 0.0331. The number of ether oxygens (including phenoxy) is 3. The number of nitrogens with zero attached hydrogens (tertiary/aromatic N) is 3. The van der Waals surface area contributed by atoms with E-state index in [9.17, 15) is 23.2 Å². The van der Waals surface area contributed by atoms with Crippen molar-refractivity contribution in [3.8, 4) is 5.88 Å². The number of aliphatic hydroxyl groups is 1. The molecular weight excluding hydrogens is 793 g/mol. The predicted octanol–water partition coefficient (Wildman–Crippen LogP) is 12.2. The molecule has 1 aromatic heterocycles. The molecule has 354 valence electrons. The number of likely N-dealkylation sites (N-methyl/N-ethyl adjacent to an activating group) is 1. The number of quaternary nitrogens is 1. The van der Waals surface area contributed by atoms with Crippen LogP contribution < -0.4 is 4.74 Å². The fourth-order valence-corrected chi connectivity index (χ4v) is 6.60. The number of hydrogen-bond acceptors (Lipinski definition) is 10. The van der Waals surface area contributed by atoms with Gasteiger partial charge in [0.25, 0.3) is 5.88 Å². The summed E-state index contributed by atoms with van der Waals surface area (Å²) in [5, 5.41) is 14.5. The summed E-state index contributed by atoms with van der Waals surface area (Å²) < 4.78 is 48.8. The van der Waals surface area contributed by atoms with Gasteiger partial charge in [-0.2, -0.15) is 13.2 Å². The first-order chi connectivity index (χ1) is 28.7. The third kappa shape index (κ3) is 35.1. The lowest BCUT2D eigenvalue weighted by Crippen LogP contribution is -2.55. The maximum absolute atomic E-state index is 12.7. The molecule has 2 N–H and O–H groups in total. The van der Waals surface area contributed by atoms with E-state index in [1.165, 1.54) is 114 Å². The Hall–Kier alpha value is -2.55. The summed E-state index contributed by atoms with van der Waals surface area (Å²) in [5.74, 6) is -5.10. The number of methoxy groups -OCH3 is 1. The Balaban J connectivity index is -0.00000173. The highest BCUT2D eigenvalue weighted by atomic mass is 32.1. The van der Waals surface area contributed by atoms with E-state index in [0.717, 1.165) is 76.3 Å². The fraction of sp³-hybridized carbons (Fsp3) is 0.848. The molecule has 1 aromatic rings. The first-order valence-corrected chi connectivity index (χ1v) is 23.7. The number of aromatic nitrogens is 2. The molecule has 0 saturated heterocycles. The van der Waals surface area contributed by atoms with Gasteiger partial charge in [0, 0.05) is 52.9 Å². The summed E-state index contributed by atoms with van der Waals surface area (Å²) in [5.41, 5.74) is 2.01. The highest BCUT2D eigenvalue weighted by Crippen LogP contribution is 2.32. The van der Waals surface area contributed by atoms with E-state index < -0.39 is 11.9 Å². The van der Waals surface area contributed by atoms with E-state index in [1.807, 2.05) is 34.6 Å². The van der Waals surface area contributed by atoms with Gasteiger partial charge in [-0.3, -0.25) is 9.28 Å². The van der Waals surface area contributed by atoms with E-state index in [1.54, 1.807) is 7.11 Å². The van der Waals surface area contributed by atoms with Crippen LogP contribution in [0.2, 0.25) is 0 Å². The number of esters is 1. The third-order valence-corrected chi connectivity index (χ3v) is 10.6. The Morgan fingerprint density at radius 2 is 1.30 bits per heavy atom. The zero-order chi connectivity index (χ0) is 46.1. The van der Waals surface area contributed by atoms with E-state index >= 15 is 0 Å². The number of hydrogen-bond donors (Lipinski definition) is 2. The van der Waals surface area contributed by atoms with Crippen molar-refractivity contribution in [2.75, 3.05) is 41.0 Å². The normalized spacial score (nSPS) is 15.0. The molecule has 2 unspecified atom stereocenters. The van der Waals surface area contributed by atoms with Crippen LogP contribution in [0.5, 0.6) is 5.88 Å². The van der Waals surface area contributed by atoms with Gasteiger partial charge in [0.1, 0.15) is 18.5 Å². The van der Waals surface area contributed by atoms with Crippen molar-refractivity contribution in [3.63, 3.8) is 0 Å². The Labute approximate surface area is 368 Å². The molecule has 0 fully saturated rings. The van der Waals surface area contributed by atoms with Gasteiger partial charge in [-0.1, -0.05) is 136 Å². The number of unbranched alkanes of at least 4 members (excludes halogenated alkanes) is 19. The molecule has 11 nitrogen and oxygen atoms in total. The topological polar surface area (TPSA) is 145 Å². The first kappa shape index (κ1) is 61.7. The van der Waals surface area contributed by atoms with Crippen molar-refractivity contribution < 1.29 is 52.1 Å². The molecule has 2 rings (SSSR count). The largest absolute Gasteiger partial charge is 0.477 e. The van der Waals surface area contributed by atoms with Gasteiger partial charge in [0.05, 0.1) is 38.0 Å². The molecule has 2 atom stereocenters. The number of carbonyl (C=O) groups excluding carboxylic acids is 2. The molecule has 0 radical (unpaired) electrons. The zero-order valence-corrected chi connectivity index (χ0v) is 40.4. The lowest BCUT2D eigenvalue weighted by atomic mass is 10.0. The van der Waals surface area contributed by atoms with Crippen LogP contribution in [0.25, 0.3) is 5.57 Å². The maximum atomic E-state index is 12.7. The molecule has 0 amide bonds. The van der Waals surface area contributed by atoms with E-state index in [2.05, 4.69) is 28.8 Å². The van der Waals surface area contributed by atoms with Crippen molar-refractivity contribution >= 4 is 35.5 Å². The summed E-state index contributed by atoms with van der Waals surface area (Å²) >= 11 is 1.21. The Morgan fingerprint density at radius 3 is 1.73 bits per heavy atom. The van der Waals surface area contributed by atoms with Gasteiger partial charge < -0.3 is 29.2 Å². The van der Waals surface area contributed by atoms with Crippen LogP contribution in [0, 0.1) is 0 Å². The van der Waals surface area contributed by atoms with Crippen LogP contribution >= 0.6 is 11.7 Å². The minimum atomic E-state index is -3.58. The zero-order valence-electron chi connectivity index (χ0n) is 39.5. The third-order valence-electron chi connectivity index (χ3n) is 10.0. The number of carboxylic acids is 1. The number of halogens is 2. The van der Waals surface area contributed by atoms with Gasteiger partial charge in [0.15, 0.2) is 0 Å². The second-order valence-electron chi connectivity index (χ2n) is 15.6. The van der Waals surface area contributed by atoms with E-state index in [-0.39, 0.29) is 12.2 Å². The van der Waals surface area contributed by atoms with Crippen LogP contribution in [0.15, 0.2) is 6.08 Å². The molecule has 1 aliphatic heterocycles. The molecule has 2 heterocycles. The summed E-state index contributed by atoms with van der Waals surface area (Å²) in [6, 6.07) is 0. The lowest BCUT2D eigenvalue weighted by Gasteiger charge is -2.41. The van der Waals surface area contributed by atoms with Crippen molar-refractivity contribution in [1.82, 2.24) is 8.75 Å². The second-order valence-corrected chi connectivity index (χ2v) is 16.2. The fourth-order valence-electron chi connectivity index (χ4n) is 6.07. The summed E-state index contributed by atoms with van der Waals surface area (Å²) in [4.78, 5) is 32.3. The van der Waals surface area contributed by atoms with Gasteiger partial charge in [0.2, 0.25) is 6.23 Å². The molecule has 0 aromatic carbocycles. The minimum absolute atomic E-state index is 0.0720. The van der Waals surface area contributed by atoms with Crippen molar-refractivity contribution in [1.29, 1.82) is 0 Å². The Kier molecular flexibility index (Phi) is 43.0. The molecule has 0 spiro atoms. The van der Waals surface area contributed by atoms with Gasteiger partial charge in [-0.05, 0) is 33.1 Å². The molecule has 1 aliphatic rings. The number of carboxylic acid groups (broad SMARTS) is 1. The Morgan fingerprint density at radius 1 is 0.850 bits per heavy atom. The number of rotatable bonds is 30. The second kappa shape index (κ2) is 41.8. The van der Waals surface area contributed by atoms with Crippen molar-refractivity contribution in [2.45, 2.75) is 214 Å². The summed E-state index contributed by atoms with van der Waals surface area (Å²) in [7, 11) is 4.88. The average molecular weight is 881 g/mol. The van der Waals surface area contributed by atoms with Crippen LogP contribution in [0.4, 0.5) is 8.78 Å². The van der Waals surface area contributed by atoms with E-state index in [0.29, 0.717) is 36.4 Å². The first-order valence-electron chi connectivity index (χ1n) is 22.9. The SMILES string of the molecule is CC.CC(F)(F)C(=O)O.CCCCCCOc1nsnc1C1=CCC[N+](C)(C(C)OC(=O)CCCCCCCCCCCCCCCCCCC=O)C1.CO.COC(C)C. The standard InChI is InChI=1S/C36H64N3O4S.C4H10O.C3H4F2O2.C2H6.CH4O/c1-4-5-6-24-30-42-36-35(37-44-38-36)33-26-25-28-39(3,31-33)32(2)43-34(41)27-22-20-18-16-14-12-10-8-7-9-11-13-15-17-19-21-23-29-40;1-4(2)5-3;1-3(4,5)2(6)7;2*1-2/h26,29,32H,4-25,27-28,30-31H2,1-3H3;4H,1-3H3;1H3,(H,6,7);1-2H3;2H,1H3/q+1;;;;. The predicted molar refractivity (Wildman–Crippen MR) is 243 cm³/mol. The molecular formula is C46H88F2N3O8S+. The molecule has 60 heavy (non-hydrogen) atoms. The summed E-state index contributed by atoms with van der Waals surface area (Å²) in [6.07, 6.45) is 30.6.